The van der Waals surface area contributed by atoms with Crippen LogP contribution in [0, 0.1) is 22.7 Å². The highest BCUT2D eigenvalue weighted by Gasteiger charge is 2.80. The predicted octanol–water partition coefficient (Wildman–Crippen LogP) is 2.79. The zero-order chi connectivity index (χ0) is 47.8. The van der Waals surface area contributed by atoms with Crippen molar-refractivity contribution in [2.24, 2.45) is 22.7 Å². The van der Waals surface area contributed by atoms with Crippen LogP contribution < -0.4 is 0 Å². The molecule has 7 rings (SSSR count). The van der Waals surface area contributed by atoms with E-state index in [2.05, 4.69) is 0 Å². The van der Waals surface area contributed by atoms with E-state index in [1.165, 1.54) is 27.9 Å². The Morgan fingerprint density at radius 1 is 0.754 bits per heavy atom. The van der Waals surface area contributed by atoms with Crippen LogP contribution >= 0.6 is 0 Å². The molecule has 22 unspecified atom stereocenters. The fraction of sp³-hybridized carbons (Fsp3) is 0.894. The second-order valence-corrected chi connectivity index (χ2v) is 20.5. The fourth-order valence-electron chi connectivity index (χ4n) is 13.5. The largest absolute Gasteiger partial charge is 0.458 e. The monoisotopic (exact) mass is 926 g/mol. The Hall–Kier alpha value is -2.17. The first-order valence-electron chi connectivity index (χ1n) is 23.3. The molecule has 4 N–H and O–H groups in total. The summed E-state index contributed by atoms with van der Waals surface area (Å²) < 4.78 is 67.9. The number of ketones is 1. The first-order chi connectivity index (χ1) is 30.4. The predicted molar refractivity (Wildman–Crippen MR) is 227 cm³/mol. The lowest BCUT2D eigenvalue weighted by molar-refractivity contribution is -0.364. The van der Waals surface area contributed by atoms with Crippen molar-refractivity contribution in [1.29, 1.82) is 0 Å². The average Bonchev–Trinajstić information content (AvgIpc) is 3.52. The van der Waals surface area contributed by atoms with Crippen molar-refractivity contribution in [3.8, 4) is 0 Å². The number of rotatable bonds is 12. The van der Waals surface area contributed by atoms with E-state index in [4.69, 9.17) is 52.1 Å². The van der Waals surface area contributed by atoms with Crippen molar-refractivity contribution in [2.45, 2.75) is 223 Å². The number of ether oxygens (including phenoxy) is 11. The summed E-state index contributed by atoms with van der Waals surface area (Å²) in [5.41, 5.74) is -5.00. The minimum atomic E-state index is -1.85. The Kier molecular flexibility index (Phi) is 14.5. The second kappa shape index (κ2) is 18.6. The molecule has 3 heterocycles. The van der Waals surface area contributed by atoms with Crippen LogP contribution in [0.1, 0.15) is 114 Å². The molecule has 0 aromatic rings. The van der Waals surface area contributed by atoms with Gasteiger partial charge in [-0.3, -0.25) is 14.4 Å². The maximum atomic E-state index is 13.2. The number of carbonyl (C=O) groups excluding carboxylic acids is 3. The number of fused-ring (bicyclic) bond motifs is 5. The van der Waals surface area contributed by atoms with Gasteiger partial charge in [0.05, 0.1) is 36.6 Å². The van der Waals surface area contributed by atoms with Gasteiger partial charge < -0.3 is 72.5 Å². The Balaban J connectivity index is 1.05. The fourth-order valence-corrected chi connectivity index (χ4v) is 13.5. The molecule has 0 aromatic heterocycles. The highest BCUT2D eigenvalue weighted by Crippen LogP contribution is 2.70. The van der Waals surface area contributed by atoms with Gasteiger partial charge in [-0.25, -0.2) is 0 Å². The van der Waals surface area contributed by atoms with E-state index in [0.717, 1.165) is 5.57 Å². The molecular weight excluding hydrogens is 852 g/mol. The molecule has 0 radical (unpaired) electrons. The minimum Gasteiger partial charge on any atom is -0.458 e. The highest BCUT2D eigenvalue weighted by molar-refractivity contribution is 5.80. The van der Waals surface area contributed by atoms with Gasteiger partial charge in [-0.05, 0) is 78.6 Å². The maximum absolute atomic E-state index is 13.2. The number of carbonyl (C=O) groups is 3. The van der Waals surface area contributed by atoms with Gasteiger partial charge in [-0.1, -0.05) is 25.5 Å². The number of hydrogen-bond acceptors (Lipinski definition) is 18. The Bertz CT molecular complexity index is 1800. The van der Waals surface area contributed by atoms with Crippen LogP contribution in [0.25, 0.3) is 0 Å². The zero-order valence-corrected chi connectivity index (χ0v) is 40.1. The Morgan fingerprint density at radius 3 is 2.03 bits per heavy atom. The van der Waals surface area contributed by atoms with E-state index in [9.17, 15) is 34.8 Å². The first-order valence-corrected chi connectivity index (χ1v) is 23.3. The SMILES string of the molecule is COC1CC(C)(OC2CCC3(C)C(=CCC4(O)C3C(OC(C)=O)C(OC(C)=O)C3(C)C(C(C)=O)CCC43O)C2)OC(C)C1OC1CC(OC)C(OC2OC(C)C(O)C(OC)C2O)C(C)O1. The summed E-state index contributed by atoms with van der Waals surface area (Å²) in [4.78, 5) is 38.8. The second-order valence-electron chi connectivity index (χ2n) is 20.5. The molecule has 22 atom stereocenters. The van der Waals surface area contributed by atoms with Crippen molar-refractivity contribution >= 4 is 17.7 Å². The van der Waals surface area contributed by atoms with Gasteiger partial charge in [0.15, 0.2) is 18.4 Å². The molecule has 4 aliphatic carbocycles. The highest BCUT2D eigenvalue weighted by atomic mass is 16.8. The van der Waals surface area contributed by atoms with Gasteiger partial charge in [0, 0.05) is 65.3 Å². The zero-order valence-electron chi connectivity index (χ0n) is 40.1. The number of aliphatic hydroxyl groups excluding tert-OH is 2. The van der Waals surface area contributed by atoms with E-state index in [-0.39, 0.29) is 37.6 Å². The van der Waals surface area contributed by atoms with Gasteiger partial charge in [0.25, 0.3) is 0 Å². The third-order valence-corrected chi connectivity index (χ3v) is 16.6. The molecule has 3 saturated carbocycles. The van der Waals surface area contributed by atoms with Crippen LogP contribution in [0.3, 0.4) is 0 Å². The van der Waals surface area contributed by atoms with Crippen molar-refractivity contribution < 1.29 is 86.9 Å². The Morgan fingerprint density at radius 2 is 1.42 bits per heavy atom. The third-order valence-electron chi connectivity index (χ3n) is 16.6. The summed E-state index contributed by atoms with van der Waals surface area (Å²) in [6.07, 6.45) is -7.17. The minimum absolute atomic E-state index is 0.0265. The van der Waals surface area contributed by atoms with Gasteiger partial charge in [0.1, 0.15) is 59.7 Å². The van der Waals surface area contributed by atoms with Crippen LogP contribution in [-0.2, 0) is 66.5 Å². The number of hydrogen-bond donors (Lipinski definition) is 4. The Labute approximate surface area is 382 Å². The molecule has 65 heavy (non-hydrogen) atoms. The van der Waals surface area contributed by atoms with E-state index >= 15 is 0 Å². The summed E-state index contributed by atoms with van der Waals surface area (Å²) in [6.45, 7) is 14.9. The van der Waals surface area contributed by atoms with Crippen molar-refractivity contribution in [2.75, 3.05) is 21.3 Å². The van der Waals surface area contributed by atoms with Crippen molar-refractivity contribution in [3.05, 3.63) is 11.6 Å². The van der Waals surface area contributed by atoms with Gasteiger partial charge >= 0.3 is 11.9 Å². The van der Waals surface area contributed by atoms with Crippen LogP contribution in [0.4, 0.5) is 0 Å². The quantitative estimate of drug-likeness (QED) is 0.163. The molecular formula is C47H74O18. The molecule has 370 valence electrons. The molecule has 18 nitrogen and oxygen atoms in total. The summed E-state index contributed by atoms with van der Waals surface area (Å²) >= 11 is 0. The average molecular weight is 927 g/mol. The smallest absolute Gasteiger partial charge is 0.303 e. The topological polar surface area (TPSA) is 234 Å². The van der Waals surface area contributed by atoms with Crippen LogP contribution in [0.5, 0.6) is 0 Å². The van der Waals surface area contributed by atoms with E-state index in [1.54, 1.807) is 28.1 Å². The normalized spacial score (nSPS) is 50.9. The number of aliphatic hydroxyl groups is 4. The van der Waals surface area contributed by atoms with Gasteiger partial charge in [0.2, 0.25) is 0 Å². The van der Waals surface area contributed by atoms with E-state index < -0.39 is 137 Å². The molecule has 0 bridgehead atoms. The molecule has 0 aromatic carbocycles. The molecule has 0 amide bonds. The maximum Gasteiger partial charge on any atom is 0.303 e. The van der Waals surface area contributed by atoms with Crippen LogP contribution in [0.2, 0.25) is 0 Å². The van der Waals surface area contributed by atoms with E-state index in [0.29, 0.717) is 25.7 Å². The van der Waals surface area contributed by atoms with Crippen molar-refractivity contribution in [1.82, 2.24) is 0 Å². The standard InChI is InChI=1S/C47H74O18/c1-22(48)30-15-18-47(54)45(30,9)41(61-27(6)50)39(60-26(5)49)40-43(7)16-14-29(19-28(43)13-17-46(40,47)53)65-44(8)21-32(56-11)37(25(4)64-44)62-33-20-31(55-10)36(24(3)58-33)63-42-35(52)38(57-12)34(51)23(2)59-42/h13,23-25,29-42,51-54H,14-21H2,1-12H3. The van der Waals surface area contributed by atoms with Crippen molar-refractivity contribution in [3.63, 3.8) is 0 Å². The van der Waals surface area contributed by atoms with Gasteiger partial charge in [-0.15, -0.1) is 0 Å². The summed E-state index contributed by atoms with van der Waals surface area (Å²) in [7, 11) is 4.59. The number of methoxy groups -OCH3 is 3. The lowest BCUT2D eigenvalue weighted by Crippen LogP contribution is -2.80. The van der Waals surface area contributed by atoms with Crippen LogP contribution in [-0.4, -0.2) is 168 Å². The molecule has 6 fully saturated rings. The van der Waals surface area contributed by atoms with E-state index in [1.807, 2.05) is 33.8 Å². The molecule has 18 heteroatoms. The third kappa shape index (κ3) is 8.56. The summed E-state index contributed by atoms with van der Waals surface area (Å²) in [5.74, 6) is -4.22. The number of Topliss-reactive ketones (excluding diaryl/α,β-unsaturated/α-hetero) is 1. The lowest BCUT2D eigenvalue weighted by Gasteiger charge is -2.68. The molecule has 0 spiro atoms. The molecule has 7 aliphatic rings. The number of esters is 2. The first kappa shape index (κ1) is 50.7. The summed E-state index contributed by atoms with van der Waals surface area (Å²) in [5, 5.41) is 47.2. The molecule has 3 saturated heterocycles. The molecule has 3 aliphatic heterocycles. The van der Waals surface area contributed by atoms with Crippen LogP contribution in [0.15, 0.2) is 11.6 Å². The summed E-state index contributed by atoms with van der Waals surface area (Å²) in [6, 6.07) is 0. The lowest BCUT2D eigenvalue weighted by atomic mass is 9.42. The van der Waals surface area contributed by atoms with Gasteiger partial charge in [-0.2, -0.15) is 0 Å².